The van der Waals surface area contributed by atoms with Gasteiger partial charge in [-0.15, -0.1) is 0 Å². The van der Waals surface area contributed by atoms with E-state index in [9.17, 15) is 8.78 Å². The van der Waals surface area contributed by atoms with Crippen molar-refractivity contribution in [3.63, 3.8) is 0 Å². The maximum atomic E-state index is 14.1. The normalized spacial score (nSPS) is 15.6. The lowest BCUT2D eigenvalue weighted by molar-refractivity contribution is 0.548. The molecular formula is C15H23F2N3. The predicted octanol–water partition coefficient (Wildman–Crippen LogP) is 3.95. The van der Waals surface area contributed by atoms with Crippen molar-refractivity contribution in [3.8, 4) is 0 Å². The fourth-order valence-corrected chi connectivity index (χ4v) is 2.82. The first kappa shape index (κ1) is 15.0. The quantitative estimate of drug-likeness (QED) is 0.856. The Balaban J connectivity index is 2.28. The molecule has 0 unspecified atom stereocenters. The lowest BCUT2D eigenvalue weighted by Crippen LogP contribution is -2.34. The van der Waals surface area contributed by atoms with Gasteiger partial charge in [0.1, 0.15) is 0 Å². The summed E-state index contributed by atoms with van der Waals surface area (Å²) >= 11 is 0. The molecule has 1 aromatic rings. The lowest BCUT2D eigenvalue weighted by Gasteiger charge is -2.29. The summed E-state index contributed by atoms with van der Waals surface area (Å²) in [6.07, 6.45) is 5.33. The van der Waals surface area contributed by atoms with Gasteiger partial charge < -0.3 is 10.2 Å². The van der Waals surface area contributed by atoms with Gasteiger partial charge in [-0.2, -0.15) is 0 Å². The maximum absolute atomic E-state index is 14.1. The summed E-state index contributed by atoms with van der Waals surface area (Å²) in [4.78, 5) is 6.16. The minimum Gasteiger partial charge on any atom is -0.368 e. The van der Waals surface area contributed by atoms with E-state index in [-0.39, 0.29) is 11.6 Å². The molecule has 0 bridgehead atoms. The molecule has 5 heteroatoms. The number of hydrogen-bond acceptors (Lipinski definition) is 3. The van der Waals surface area contributed by atoms with Gasteiger partial charge in [0.05, 0.1) is 0 Å². The number of aromatic nitrogens is 1. The highest BCUT2D eigenvalue weighted by atomic mass is 19.1. The van der Waals surface area contributed by atoms with Crippen LogP contribution in [0.3, 0.4) is 0 Å². The van der Waals surface area contributed by atoms with Crippen molar-refractivity contribution in [3.05, 3.63) is 17.7 Å². The summed E-state index contributed by atoms with van der Waals surface area (Å²) in [6.45, 7) is 5.30. The van der Waals surface area contributed by atoms with Gasteiger partial charge in [0.25, 0.3) is 0 Å². The third-order valence-corrected chi connectivity index (χ3v) is 3.83. The molecule has 0 aromatic carbocycles. The van der Waals surface area contributed by atoms with Gasteiger partial charge in [-0.3, -0.25) is 0 Å². The molecule has 0 spiro atoms. The molecule has 0 atom stereocenters. The summed E-state index contributed by atoms with van der Waals surface area (Å²) in [6, 6.07) is 1.27. The largest absolute Gasteiger partial charge is 0.368 e. The van der Waals surface area contributed by atoms with Crippen LogP contribution in [0.25, 0.3) is 0 Å². The Morgan fingerprint density at radius 2 is 1.95 bits per heavy atom. The van der Waals surface area contributed by atoms with E-state index >= 15 is 0 Å². The molecule has 1 aliphatic carbocycles. The van der Waals surface area contributed by atoms with E-state index in [4.69, 9.17) is 0 Å². The second-order valence-electron chi connectivity index (χ2n) is 5.28. The Bertz CT molecular complexity index is 445. The van der Waals surface area contributed by atoms with Gasteiger partial charge >= 0.3 is 0 Å². The van der Waals surface area contributed by atoms with Crippen molar-refractivity contribution < 1.29 is 8.78 Å². The Hall–Kier alpha value is -1.39. The molecule has 0 radical (unpaired) electrons. The van der Waals surface area contributed by atoms with Gasteiger partial charge in [-0.05, 0) is 26.2 Å². The molecule has 20 heavy (non-hydrogen) atoms. The molecule has 0 amide bonds. The molecule has 1 aromatic heterocycles. The van der Waals surface area contributed by atoms with E-state index in [0.29, 0.717) is 19.1 Å². The fraction of sp³-hybridized carbons (Fsp3) is 0.667. The Kier molecular flexibility index (Phi) is 5.15. The van der Waals surface area contributed by atoms with Crippen molar-refractivity contribution >= 4 is 11.6 Å². The summed E-state index contributed by atoms with van der Waals surface area (Å²) in [5, 5.41) is 2.92. The van der Waals surface area contributed by atoms with Crippen molar-refractivity contribution in [1.29, 1.82) is 0 Å². The van der Waals surface area contributed by atoms with E-state index in [0.717, 1.165) is 25.3 Å². The van der Waals surface area contributed by atoms with Crippen LogP contribution in [0.15, 0.2) is 6.07 Å². The molecule has 1 aliphatic rings. The van der Waals surface area contributed by atoms with Crippen molar-refractivity contribution in [1.82, 2.24) is 4.98 Å². The smallest absolute Gasteiger partial charge is 0.168 e. The van der Waals surface area contributed by atoms with Crippen molar-refractivity contribution in [2.24, 2.45) is 0 Å². The standard InChI is InChI=1S/C15H23F2N3/c1-3-9-18-14-12(16)10-13(17)15(19-14)20(4-2)11-7-5-6-8-11/h10-11H,3-9H2,1-2H3,(H,18,19). The molecule has 3 nitrogen and oxygen atoms in total. The first-order valence-electron chi connectivity index (χ1n) is 7.53. The molecule has 0 aliphatic heterocycles. The second-order valence-corrected chi connectivity index (χ2v) is 5.28. The zero-order valence-corrected chi connectivity index (χ0v) is 12.3. The number of hydrogen-bond donors (Lipinski definition) is 1. The zero-order valence-electron chi connectivity index (χ0n) is 12.3. The minimum absolute atomic E-state index is 0.152. The van der Waals surface area contributed by atoms with Gasteiger partial charge in [0.15, 0.2) is 23.3 Å². The van der Waals surface area contributed by atoms with Gasteiger partial charge in [0.2, 0.25) is 0 Å². The van der Waals surface area contributed by atoms with Gasteiger partial charge in [0, 0.05) is 25.2 Å². The summed E-state index contributed by atoms with van der Waals surface area (Å²) < 4.78 is 27.8. The predicted molar refractivity (Wildman–Crippen MR) is 78.2 cm³/mol. The van der Waals surface area contributed by atoms with Crippen LogP contribution < -0.4 is 10.2 Å². The maximum Gasteiger partial charge on any atom is 0.168 e. The van der Waals surface area contributed by atoms with Crippen LogP contribution in [0.1, 0.15) is 46.0 Å². The molecule has 1 N–H and O–H groups in total. The van der Waals surface area contributed by atoms with Crippen molar-refractivity contribution in [2.45, 2.75) is 52.0 Å². The first-order chi connectivity index (χ1) is 9.67. The molecule has 0 saturated heterocycles. The number of rotatable bonds is 6. The molecular weight excluding hydrogens is 260 g/mol. The highest BCUT2D eigenvalue weighted by Gasteiger charge is 2.25. The number of nitrogens with one attached hydrogen (secondary N) is 1. The molecule has 2 rings (SSSR count). The summed E-state index contributed by atoms with van der Waals surface area (Å²) in [7, 11) is 0. The molecule has 1 saturated carbocycles. The molecule has 1 fully saturated rings. The highest BCUT2D eigenvalue weighted by molar-refractivity contribution is 5.50. The zero-order chi connectivity index (χ0) is 14.5. The van der Waals surface area contributed by atoms with Crippen LogP contribution in [0.5, 0.6) is 0 Å². The average Bonchev–Trinajstić information content (AvgIpc) is 2.94. The van der Waals surface area contributed by atoms with Crippen LogP contribution in [0.4, 0.5) is 20.4 Å². The third kappa shape index (κ3) is 3.19. The van der Waals surface area contributed by atoms with Crippen LogP contribution in [0.2, 0.25) is 0 Å². The van der Waals surface area contributed by atoms with E-state index in [1.807, 2.05) is 18.7 Å². The van der Waals surface area contributed by atoms with E-state index in [1.54, 1.807) is 0 Å². The van der Waals surface area contributed by atoms with E-state index in [2.05, 4.69) is 10.3 Å². The number of halogens is 2. The Morgan fingerprint density at radius 3 is 2.55 bits per heavy atom. The third-order valence-electron chi connectivity index (χ3n) is 3.83. The van der Waals surface area contributed by atoms with Crippen LogP contribution in [-0.4, -0.2) is 24.1 Å². The van der Waals surface area contributed by atoms with Crippen LogP contribution in [-0.2, 0) is 0 Å². The molecule has 1 heterocycles. The average molecular weight is 283 g/mol. The van der Waals surface area contributed by atoms with Crippen LogP contribution in [0, 0.1) is 11.6 Å². The van der Waals surface area contributed by atoms with Gasteiger partial charge in [-0.1, -0.05) is 19.8 Å². The fourth-order valence-electron chi connectivity index (χ4n) is 2.82. The van der Waals surface area contributed by atoms with E-state index < -0.39 is 11.6 Å². The van der Waals surface area contributed by atoms with Gasteiger partial charge in [-0.25, -0.2) is 13.8 Å². The topological polar surface area (TPSA) is 28.2 Å². The summed E-state index contributed by atoms with van der Waals surface area (Å²) in [5.41, 5.74) is 0. The van der Waals surface area contributed by atoms with Crippen molar-refractivity contribution in [2.75, 3.05) is 23.3 Å². The number of anilines is 2. The monoisotopic (exact) mass is 283 g/mol. The second kappa shape index (κ2) is 6.86. The number of pyridine rings is 1. The molecule has 112 valence electrons. The Labute approximate surface area is 119 Å². The Morgan fingerprint density at radius 1 is 1.25 bits per heavy atom. The highest BCUT2D eigenvalue weighted by Crippen LogP contribution is 2.30. The first-order valence-corrected chi connectivity index (χ1v) is 7.53. The van der Waals surface area contributed by atoms with E-state index in [1.165, 1.54) is 12.8 Å². The minimum atomic E-state index is -0.623. The number of nitrogens with zero attached hydrogens (tertiary/aromatic N) is 2. The lowest BCUT2D eigenvalue weighted by atomic mass is 10.2. The van der Waals surface area contributed by atoms with Crippen LogP contribution >= 0.6 is 0 Å². The SMILES string of the molecule is CCCNc1nc(N(CC)C2CCCC2)c(F)cc1F. The summed E-state index contributed by atoms with van der Waals surface area (Å²) in [5.74, 6) is -0.764.